The molecule has 0 aliphatic rings. The van der Waals surface area contributed by atoms with Crippen LogP contribution < -0.4 is 0 Å². The van der Waals surface area contributed by atoms with Crippen LogP contribution in [0.15, 0.2) is 152 Å². The van der Waals surface area contributed by atoms with E-state index in [0.717, 1.165) is 38.8 Å². The van der Waals surface area contributed by atoms with Crippen molar-refractivity contribution >= 4 is 54.5 Å². The number of para-hydroxylation sites is 3. The summed E-state index contributed by atoms with van der Waals surface area (Å²) in [6.45, 7) is 0. The fourth-order valence-electron chi connectivity index (χ4n) is 6.59. The topological polar surface area (TPSA) is 22.8 Å². The van der Waals surface area contributed by atoms with Crippen molar-refractivity contribution < 1.29 is 0 Å². The molecule has 3 heterocycles. The Morgan fingerprint density at radius 3 is 1.90 bits per heavy atom. The summed E-state index contributed by atoms with van der Waals surface area (Å²) in [4.78, 5) is 5.03. The molecule has 0 bridgehead atoms. The van der Waals surface area contributed by atoms with Gasteiger partial charge in [-0.25, -0.2) is 0 Å². The zero-order chi connectivity index (χ0) is 27.6. The van der Waals surface area contributed by atoms with Crippen LogP contribution in [-0.4, -0.2) is 14.1 Å². The summed E-state index contributed by atoms with van der Waals surface area (Å²) in [6, 6.07) is 52.2. The summed E-state index contributed by atoms with van der Waals surface area (Å²) in [6.07, 6.45) is 2.02. The molecule has 0 atom stereocenters. The number of aromatic nitrogens is 3. The fraction of sp³-hybridized carbons (Fsp3) is 0. The van der Waals surface area contributed by atoms with Gasteiger partial charge in [-0.2, -0.15) is 0 Å². The van der Waals surface area contributed by atoms with Crippen molar-refractivity contribution in [3.63, 3.8) is 0 Å². The Bertz CT molecular complexity index is 2460. The molecule has 42 heavy (non-hydrogen) atoms. The van der Waals surface area contributed by atoms with Crippen LogP contribution in [0.1, 0.15) is 0 Å². The van der Waals surface area contributed by atoms with Gasteiger partial charge >= 0.3 is 0 Å². The van der Waals surface area contributed by atoms with Gasteiger partial charge in [0.15, 0.2) is 0 Å². The minimum Gasteiger partial charge on any atom is -0.309 e. The molecular formula is C39H25N3. The highest BCUT2D eigenvalue weighted by Gasteiger charge is 2.16. The number of hydrogen-bond acceptors (Lipinski definition) is 1. The van der Waals surface area contributed by atoms with E-state index in [4.69, 9.17) is 4.98 Å². The number of fused-ring (bicyclic) bond motifs is 7. The van der Waals surface area contributed by atoms with Crippen molar-refractivity contribution in [2.45, 2.75) is 0 Å². The number of pyridine rings is 1. The predicted molar refractivity (Wildman–Crippen MR) is 176 cm³/mol. The maximum atomic E-state index is 5.03. The monoisotopic (exact) mass is 535 g/mol. The van der Waals surface area contributed by atoms with Gasteiger partial charge in [0.1, 0.15) is 0 Å². The molecule has 0 unspecified atom stereocenters. The lowest BCUT2D eigenvalue weighted by atomic mass is 10.0. The Hall–Kier alpha value is -5.67. The lowest BCUT2D eigenvalue weighted by molar-refractivity contribution is 1.18. The van der Waals surface area contributed by atoms with Crippen LogP contribution in [0, 0.1) is 0 Å². The molecule has 0 radical (unpaired) electrons. The normalized spacial score (nSPS) is 11.8. The maximum Gasteiger partial charge on any atom is 0.0963 e. The van der Waals surface area contributed by atoms with Crippen LogP contribution >= 0.6 is 0 Å². The molecule has 0 spiro atoms. The molecule has 6 aromatic carbocycles. The van der Waals surface area contributed by atoms with Crippen molar-refractivity contribution in [2.75, 3.05) is 0 Å². The Labute approximate surface area is 242 Å². The van der Waals surface area contributed by atoms with Crippen LogP contribution in [0.2, 0.25) is 0 Å². The van der Waals surface area contributed by atoms with E-state index in [-0.39, 0.29) is 0 Å². The largest absolute Gasteiger partial charge is 0.309 e. The van der Waals surface area contributed by atoms with Gasteiger partial charge in [-0.15, -0.1) is 0 Å². The summed E-state index contributed by atoms with van der Waals surface area (Å²) < 4.78 is 4.71. The molecule has 9 rings (SSSR count). The second kappa shape index (κ2) is 8.92. The maximum absolute atomic E-state index is 5.03. The zero-order valence-electron chi connectivity index (χ0n) is 22.8. The molecule has 0 N–H and O–H groups in total. The van der Waals surface area contributed by atoms with Gasteiger partial charge in [0, 0.05) is 39.3 Å². The van der Waals surface area contributed by atoms with Crippen molar-refractivity contribution in [2.24, 2.45) is 0 Å². The lowest BCUT2D eigenvalue weighted by Crippen LogP contribution is -1.94. The molecule has 3 heteroatoms. The number of rotatable bonds is 3. The summed E-state index contributed by atoms with van der Waals surface area (Å²) in [5, 5.41) is 6.14. The Kier molecular flexibility index (Phi) is 4.90. The van der Waals surface area contributed by atoms with Gasteiger partial charge in [-0.3, -0.25) is 4.98 Å². The van der Waals surface area contributed by atoms with Crippen molar-refractivity contribution in [1.82, 2.24) is 14.1 Å². The van der Waals surface area contributed by atoms with Crippen LogP contribution in [0.25, 0.3) is 77.0 Å². The van der Waals surface area contributed by atoms with Gasteiger partial charge < -0.3 is 9.13 Å². The molecule has 0 saturated heterocycles. The molecule has 0 saturated carbocycles. The van der Waals surface area contributed by atoms with Gasteiger partial charge in [0.2, 0.25) is 0 Å². The highest BCUT2D eigenvalue weighted by Crippen LogP contribution is 2.37. The van der Waals surface area contributed by atoms with Gasteiger partial charge in [-0.05, 0) is 70.9 Å². The summed E-state index contributed by atoms with van der Waals surface area (Å²) in [5.41, 5.74) is 10.3. The highest BCUT2D eigenvalue weighted by atomic mass is 15.0. The second-order valence-electron chi connectivity index (χ2n) is 10.9. The summed E-state index contributed by atoms with van der Waals surface area (Å²) in [5.74, 6) is 0. The second-order valence-corrected chi connectivity index (χ2v) is 10.9. The van der Waals surface area contributed by atoms with Crippen LogP contribution in [-0.2, 0) is 0 Å². The third-order valence-electron chi connectivity index (χ3n) is 8.52. The first kappa shape index (κ1) is 23.1. The standard InChI is InChI=1S/C39H25N3/c1-2-12-30(13-3-1)41-36-17-9-7-15-33(36)39-38(41)24-29(25-40-39)28-19-21-37-34(23-28)32-14-6-8-16-35(32)42(37)31-20-18-26-10-4-5-11-27(26)22-31/h1-25H. The molecule has 3 nitrogen and oxygen atoms in total. The highest BCUT2D eigenvalue weighted by molar-refractivity contribution is 6.11. The fourth-order valence-corrected chi connectivity index (χ4v) is 6.59. The SMILES string of the molecule is c1ccc(-n2c3ccccc3c3ncc(-c4ccc5c(c4)c4ccccc4n5-c4ccc5ccccc5c4)cc32)cc1. The van der Waals surface area contributed by atoms with Gasteiger partial charge in [-0.1, -0.05) is 91.0 Å². The third kappa shape index (κ3) is 3.37. The van der Waals surface area contributed by atoms with Gasteiger partial charge in [0.05, 0.1) is 27.6 Å². The zero-order valence-corrected chi connectivity index (χ0v) is 22.8. The van der Waals surface area contributed by atoms with Crippen LogP contribution in [0.4, 0.5) is 0 Å². The first-order valence-electron chi connectivity index (χ1n) is 14.3. The number of benzene rings is 6. The van der Waals surface area contributed by atoms with Crippen LogP contribution in [0.3, 0.4) is 0 Å². The van der Waals surface area contributed by atoms with E-state index < -0.39 is 0 Å². The molecule has 0 fully saturated rings. The lowest BCUT2D eigenvalue weighted by Gasteiger charge is -2.10. The first-order chi connectivity index (χ1) is 20.8. The molecule has 9 aromatic rings. The van der Waals surface area contributed by atoms with E-state index >= 15 is 0 Å². The predicted octanol–water partition coefficient (Wildman–Crippen LogP) is 10.1. The average molecular weight is 536 g/mol. The van der Waals surface area contributed by atoms with E-state index in [1.807, 2.05) is 6.20 Å². The minimum atomic E-state index is 1.02. The van der Waals surface area contributed by atoms with Crippen molar-refractivity contribution in [1.29, 1.82) is 0 Å². The first-order valence-corrected chi connectivity index (χ1v) is 14.3. The molecule has 0 aliphatic heterocycles. The molecule has 0 aliphatic carbocycles. The quantitative estimate of drug-likeness (QED) is 0.221. The Morgan fingerprint density at radius 2 is 1.05 bits per heavy atom. The molecule has 3 aromatic heterocycles. The van der Waals surface area contributed by atoms with E-state index in [9.17, 15) is 0 Å². The summed E-state index contributed by atoms with van der Waals surface area (Å²) in [7, 11) is 0. The van der Waals surface area contributed by atoms with Crippen LogP contribution in [0.5, 0.6) is 0 Å². The number of hydrogen-bond donors (Lipinski definition) is 0. The minimum absolute atomic E-state index is 1.02. The van der Waals surface area contributed by atoms with E-state index in [2.05, 4.69) is 155 Å². The third-order valence-corrected chi connectivity index (χ3v) is 8.52. The van der Waals surface area contributed by atoms with Gasteiger partial charge in [0.25, 0.3) is 0 Å². The van der Waals surface area contributed by atoms with E-state index in [0.29, 0.717) is 0 Å². The molecule has 196 valence electrons. The van der Waals surface area contributed by atoms with Crippen molar-refractivity contribution in [3.05, 3.63) is 152 Å². The van der Waals surface area contributed by atoms with Crippen molar-refractivity contribution in [3.8, 4) is 22.5 Å². The molecule has 0 amide bonds. The average Bonchev–Trinajstić information content (AvgIpc) is 3.57. The smallest absolute Gasteiger partial charge is 0.0963 e. The number of nitrogens with zero attached hydrogens (tertiary/aromatic N) is 3. The summed E-state index contributed by atoms with van der Waals surface area (Å²) >= 11 is 0. The Balaban J connectivity index is 1.27. The van der Waals surface area contributed by atoms with E-state index in [1.54, 1.807) is 0 Å². The Morgan fingerprint density at radius 1 is 0.381 bits per heavy atom. The molecular weight excluding hydrogens is 510 g/mol. The van der Waals surface area contributed by atoms with E-state index in [1.165, 1.54) is 38.3 Å².